The molecule has 2 aromatic rings. The van der Waals surface area contributed by atoms with E-state index in [1.165, 1.54) is 32.1 Å². The summed E-state index contributed by atoms with van der Waals surface area (Å²) in [5.41, 5.74) is 2.13. The van der Waals surface area contributed by atoms with Crippen molar-refractivity contribution in [2.24, 2.45) is 5.41 Å². The van der Waals surface area contributed by atoms with E-state index < -0.39 is 5.92 Å². The Bertz CT molecular complexity index is 1130. The van der Waals surface area contributed by atoms with Crippen molar-refractivity contribution in [3.05, 3.63) is 28.6 Å². The molecule has 1 aromatic heterocycles. The third-order valence-corrected chi connectivity index (χ3v) is 8.43. The molecule has 9 nitrogen and oxygen atoms in total. The fourth-order valence-corrected chi connectivity index (χ4v) is 6.28. The molecule has 1 unspecified atom stereocenters. The quantitative estimate of drug-likeness (QED) is 0.597. The van der Waals surface area contributed by atoms with Gasteiger partial charge in [0.1, 0.15) is 0 Å². The monoisotopic (exact) mass is 485 g/mol. The molecule has 180 valence electrons. The van der Waals surface area contributed by atoms with Crippen LogP contribution >= 0.6 is 11.6 Å². The zero-order valence-corrected chi connectivity index (χ0v) is 19.9. The molecule has 2 aliphatic heterocycles. The van der Waals surface area contributed by atoms with Gasteiger partial charge in [-0.1, -0.05) is 29.2 Å². The molecule has 2 aliphatic carbocycles. The van der Waals surface area contributed by atoms with Crippen LogP contribution in [0.15, 0.2) is 16.5 Å². The lowest BCUT2D eigenvalue weighted by molar-refractivity contribution is -0.134. The minimum atomic E-state index is -0.458. The summed E-state index contributed by atoms with van der Waals surface area (Å²) in [5.74, 6) is 0.690. The second-order valence-corrected chi connectivity index (χ2v) is 10.6. The minimum absolute atomic E-state index is 0.172. The van der Waals surface area contributed by atoms with E-state index in [2.05, 4.69) is 25.7 Å². The highest BCUT2D eigenvalue weighted by atomic mass is 35.5. The lowest BCUT2D eigenvalue weighted by Gasteiger charge is -2.53. The summed E-state index contributed by atoms with van der Waals surface area (Å²) in [6.07, 6.45) is 7.16. The van der Waals surface area contributed by atoms with Gasteiger partial charge in [-0.2, -0.15) is 0 Å². The minimum Gasteiger partial charge on any atom is -0.493 e. The number of carbonyl (C=O) groups is 2. The first kappa shape index (κ1) is 21.7. The molecule has 1 spiro atoms. The van der Waals surface area contributed by atoms with Gasteiger partial charge in [0.05, 0.1) is 29.8 Å². The number of benzene rings is 1. The molecule has 3 heterocycles. The van der Waals surface area contributed by atoms with Crippen LogP contribution in [0, 0.1) is 5.41 Å². The van der Waals surface area contributed by atoms with Crippen LogP contribution in [0.2, 0.25) is 5.02 Å². The normalized spacial score (nSPS) is 24.3. The summed E-state index contributed by atoms with van der Waals surface area (Å²) in [7, 11) is 1.57. The maximum Gasteiger partial charge on any atom is 0.315 e. The van der Waals surface area contributed by atoms with Crippen molar-refractivity contribution in [3.63, 3.8) is 0 Å². The van der Waals surface area contributed by atoms with Crippen molar-refractivity contribution in [1.29, 1.82) is 0 Å². The Kier molecular flexibility index (Phi) is 5.20. The Hall–Kier alpha value is -2.81. The van der Waals surface area contributed by atoms with Crippen LogP contribution in [0.4, 0.5) is 11.7 Å². The van der Waals surface area contributed by atoms with Crippen LogP contribution < -0.4 is 20.3 Å². The predicted octanol–water partition coefficient (Wildman–Crippen LogP) is 3.60. The molecule has 1 aromatic carbocycles. The Morgan fingerprint density at radius 1 is 1.24 bits per heavy atom. The van der Waals surface area contributed by atoms with E-state index in [4.69, 9.17) is 20.8 Å². The molecular weight excluding hydrogens is 458 g/mol. The lowest BCUT2D eigenvalue weighted by Crippen LogP contribution is -2.55. The number of ether oxygens (including phenoxy) is 1. The number of carbonyl (C=O) groups excluding carboxylic acids is 2. The number of hydrogen-bond donors (Lipinski definition) is 2. The zero-order chi connectivity index (χ0) is 23.4. The summed E-state index contributed by atoms with van der Waals surface area (Å²) in [6.45, 7) is 1.46. The van der Waals surface area contributed by atoms with Crippen molar-refractivity contribution >= 4 is 35.1 Å². The smallest absolute Gasteiger partial charge is 0.315 e. The highest BCUT2D eigenvalue weighted by Crippen LogP contribution is 2.61. The average Bonchev–Trinajstić information content (AvgIpc) is 3.17. The van der Waals surface area contributed by atoms with Crippen molar-refractivity contribution in [3.8, 4) is 5.75 Å². The summed E-state index contributed by atoms with van der Waals surface area (Å²) < 4.78 is 11.5. The molecule has 4 aliphatic rings. The van der Waals surface area contributed by atoms with Crippen molar-refractivity contribution < 1.29 is 18.7 Å². The molecule has 0 radical (unpaired) electrons. The average molecular weight is 486 g/mol. The molecule has 0 bridgehead atoms. The topological polar surface area (TPSA) is 110 Å². The number of piperidine rings is 1. The maximum atomic E-state index is 12.3. The van der Waals surface area contributed by atoms with E-state index in [0.717, 1.165) is 24.7 Å². The molecule has 34 heavy (non-hydrogen) atoms. The van der Waals surface area contributed by atoms with E-state index in [9.17, 15) is 9.59 Å². The molecule has 2 N–H and O–H groups in total. The second kappa shape index (κ2) is 8.15. The van der Waals surface area contributed by atoms with Crippen LogP contribution in [-0.4, -0.2) is 48.3 Å². The largest absolute Gasteiger partial charge is 0.493 e. The number of imide groups is 1. The molecule has 2 saturated heterocycles. The highest BCUT2D eigenvalue weighted by molar-refractivity contribution is 6.33. The third-order valence-electron chi connectivity index (χ3n) is 8.04. The summed E-state index contributed by atoms with van der Waals surface area (Å²) >= 11 is 6.66. The van der Waals surface area contributed by atoms with Gasteiger partial charge in [-0.3, -0.25) is 14.9 Å². The van der Waals surface area contributed by atoms with Gasteiger partial charge >= 0.3 is 6.01 Å². The number of nitrogens with zero attached hydrogens (tertiary/aromatic N) is 3. The molecule has 1 atom stereocenters. The number of amides is 2. The van der Waals surface area contributed by atoms with Gasteiger partial charge in [0.15, 0.2) is 5.75 Å². The number of hydrogen-bond acceptors (Lipinski definition) is 8. The van der Waals surface area contributed by atoms with Crippen molar-refractivity contribution in [2.75, 3.05) is 30.4 Å². The molecule has 2 amide bonds. The van der Waals surface area contributed by atoms with E-state index in [1.807, 2.05) is 12.1 Å². The van der Waals surface area contributed by atoms with E-state index in [1.54, 1.807) is 7.11 Å². The SMILES string of the molecule is COc1c(N2CC(Nc3nnc(C4CC5(CCC5)C4)o3)C2)ccc(C2CCC(=O)NC2=O)c1Cl. The van der Waals surface area contributed by atoms with Gasteiger partial charge in [-0.05, 0) is 49.1 Å². The Morgan fingerprint density at radius 3 is 2.71 bits per heavy atom. The third kappa shape index (κ3) is 3.61. The standard InChI is InChI=1S/C24H28ClN5O4/c1-33-20-17(5-3-15(19(20)25)16-4-6-18(31)27-21(16)32)30-11-14(12-30)26-23-29-28-22(34-23)13-9-24(10-13)7-2-8-24/h3,5,13-14,16H,2,4,6-12H2,1H3,(H,26,29)(H,27,31,32). The fraction of sp³-hybridized carbons (Fsp3) is 0.583. The van der Waals surface area contributed by atoms with Crippen molar-refractivity contribution in [1.82, 2.24) is 15.5 Å². The van der Waals surface area contributed by atoms with Crippen LogP contribution in [0.25, 0.3) is 0 Å². The first-order valence-electron chi connectivity index (χ1n) is 12.0. The van der Waals surface area contributed by atoms with Crippen LogP contribution in [0.3, 0.4) is 0 Å². The molecule has 6 rings (SSSR count). The second-order valence-electron chi connectivity index (χ2n) is 10.2. The maximum absolute atomic E-state index is 12.3. The first-order valence-corrected chi connectivity index (χ1v) is 12.4. The fourth-order valence-electron chi connectivity index (χ4n) is 5.91. The number of methoxy groups -OCH3 is 1. The molecule has 2 saturated carbocycles. The Morgan fingerprint density at radius 2 is 2.03 bits per heavy atom. The Balaban J connectivity index is 1.08. The van der Waals surface area contributed by atoms with Gasteiger partial charge in [0.2, 0.25) is 17.7 Å². The number of anilines is 2. The van der Waals surface area contributed by atoms with Gasteiger partial charge < -0.3 is 19.4 Å². The van der Waals surface area contributed by atoms with Gasteiger partial charge in [0, 0.05) is 25.4 Å². The summed E-state index contributed by atoms with van der Waals surface area (Å²) in [5, 5.41) is 14.6. The molecule has 4 fully saturated rings. The predicted molar refractivity (Wildman–Crippen MR) is 125 cm³/mol. The number of aromatic nitrogens is 2. The number of rotatable bonds is 6. The summed E-state index contributed by atoms with van der Waals surface area (Å²) in [4.78, 5) is 25.9. The van der Waals surface area contributed by atoms with E-state index in [0.29, 0.717) is 46.5 Å². The van der Waals surface area contributed by atoms with Crippen LogP contribution in [-0.2, 0) is 9.59 Å². The van der Waals surface area contributed by atoms with E-state index in [-0.39, 0.29) is 17.9 Å². The van der Waals surface area contributed by atoms with Crippen molar-refractivity contribution in [2.45, 2.75) is 62.8 Å². The summed E-state index contributed by atoms with van der Waals surface area (Å²) in [6, 6.07) is 4.44. The van der Waals surface area contributed by atoms with E-state index >= 15 is 0 Å². The first-order chi connectivity index (χ1) is 16.4. The lowest BCUT2D eigenvalue weighted by atomic mass is 9.52. The van der Waals surface area contributed by atoms with Gasteiger partial charge in [-0.15, -0.1) is 5.10 Å². The molecule has 10 heteroatoms. The highest BCUT2D eigenvalue weighted by Gasteiger charge is 2.50. The number of halogens is 1. The van der Waals surface area contributed by atoms with Crippen LogP contribution in [0.1, 0.15) is 68.2 Å². The Labute approximate surface area is 202 Å². The number of nitrogens with one attached hydrogen (secondary N) is 2. The van der Waals surface area contributed by atoms with Gasteiger partial charge in [-0.25, -0.2) is 0 Å². The molecular formula is C24H28ClN5O4. The zero-order valence-electron chi connectivity index (χ0n) is 19.1. The van der Waals surface area contributed by atoms with Gasteiger partial charge in [0.25, 0.3) is 0 Å². The van der Waals surface area contributed by atoms with Crippen LogP contribution in [0.5, 0.6) is 5.75 Å².